The number of aliphatic hydroxyl groups is 3. The molecule has 0 aliphatic carbocycles. The van der Waals surface area contributed by atoms with Gasteiger partial charge in [0.1, 0.15) is 0 Å². The highest BCUT2D eigenvalue weighted by molar-refractivity contribution is 5.67. The summed E-state index contributed by atoms with van der Waals surface area (Å²) in [6.45, 7) is 2.86. The van der Waals surface area contributed by atoms with E-state index < -0.39 is 12.1 Å². The Bertz CT molecular complexity index is 125. The number of aliphatic hydroxyl groups excluding tert-OH is 3. The minimum Gasteiger partial charge on any atom is -0.481 e. The predicted molar refractivity (Wildman–Crippen MR) is 51.0 cm³/mol. The van der Waals surface area contributed by atoms with Gasteiger partial charge in [0.2, 0.25) is 0 Å². The van der Waals surface area contributed by atoms with E-state index in [9.17, 15) is 4.79 Å². The molecule has 1 unspecified atom stereocenters. The molecule has 0 spiro atoms. The van der Waals surface area contributed by atoms with Gasteiger partial charge in [-0.15, -0.1) is 0 Å². The standard InChI is InChI=1S/C4H11NO2.C4H8O3/c6-3-1-5-2-4-7;1-3(5)2-4(6)7/h5-7H,1-4H2;3,5H,2H2,1H3,(H,6,7). The van der Waals surface area contributed by atoms with Crippen LogP contribution in [0.25, 0.3) is 0 Å². The molecule has 0 saturated heterocycles. The fraction of sp³-hybridized carbons (Fsp3) is 0.875. The highest BCUT2D eigenvalue weighted by Gasteiger charge is 2.00. The minimum absolute atomic E-state index is 0.139. The fourth-order valence-electron chi connectivity index (χ4n) is 0.536. The molecule has 0 bridgehead atoms. The summed E-state index contributed by atoms with van der Waals surface area (Å²) in [6, 6.07) is 0. The van der Waals surface area contributed by atoms with Gasteiger partial charge in [0.15, 0.2) is 0 Å². The van der Waals surface area contributed by atoms with Crippen LogP contribution in [0.2, 0.25) is 0 Å². The number of carboxylic acids is 1. The number of hydrogen-bond acceptors (Lipinski definition) is 5. The smallest absolute Gasteiger partial charge is 0.305 e. The van der Waals surface area contributed by atoms with Crippen molar-refractivity contribution in [2.75, 3.05) is 26.3 Å². The molecule has 1 atom stereocenters. The molecule has 14 heavy (non-hydrogen) atoms. The first kappa shape index (κ1) is 15.8. The number of aliphatic carboxylic acids is 1. The van der Waals surface area contributed by atoms with Crippen LogP contribution in [0.5, 0.6) is 0 Å². The lowest BCUT2D eigenvalue weighted by atomic mass is 10.3. The van der Waals surface area contributed by atoms with E-state index in [0.29, 0.717) is 13.1 Å². The van der Waals surface area contributed by atoms with Crippen LogP contribution in [0, 0.1) is 0 Å². The third-order valence-corrected chi connectivity index (χ3v) is 1.05. The van der Waals surface area contributed by atoms with E-state index in [1.54, 1.807) is 0 Å². The summed E-state index contributed by atoms with van der Waals surface area (Å²) in [5, 5.41) is 35.3. The normalized spacial score (nSPS) is 11.4. The van der Waals surface area contributed by atoms with Crippen LogP contribution in [0.1, 0.15) is 13.3 Å². The Kier molecular flexibility index (Phi) is 13.9. The first-order valence-electron chi connectivity index (χ1n) is 4.36. The van der Waals surface area contributed by atoms with Gasteiger partial charge < -0.3 is 25.7 Å². The number of rotatable bonds is 6. The van der Waals surface area contributed by atoms with Gasteiger partial charge in [0, 0.05) is 13.1 Å². The van der Waals surface area contributed by atoms with Crippen LogP contribution >= 0.6 is 0 Å². The molecule has 0 aliphatic rings. The third-order valence-electron chi connectivity index (χ3n) is 1.05. The summed E-state index contributed by atoms with van der Waals surface area (Å²) in [4.78, 5) is 9.65. The molecule has 86 valence electrons. The number of carbonyl (C=O) groups is 1. The Morgan fingerprint density at radius 2 is 1.71 bits per heavy atom. The highest BCUT2D eigenvalue weighted by atomic mass is 16.4. The lowest BCUT2D eigenvalue weighted by Crippen LogP contribution is -2.21. The Balaban J connectivity index is 0. The van der Waals surface area contributed by atoms with Crippen LogP contribution in [-0.4, -0.2) is 58.8 Å². The molecule has 0 radical (unpaired) electrons. The highest BCUT2D eigenvalue weighted by Crippen LogP contribution is 1.85. The van der Waals surface area contributed by atoms with Gasteiger partial charge in [-0.2, -0.15) is 0 Å². The molecule has 0 rings (SSSR count). The van der Waals surface area contributed by atoms with Crippen molar-refractivity contribution in [2.24, 2.45) is 0 Å². The zero-order valence-electron chi connectivity index (χ0n) is 8.31. The summed E-state index contributed by atoms with van der Waals surface area (Å²) in [7, 11) is 0. The van der Waals surface area contributed by atoms with Crippen LogP contribution in [-0.2, 0) is 4.79 Å². The number of carboxylic acid groups (broad SMARTS) is 1. The average Bonchev–Trinajstić information content (AvgIpc) is 2.04. The monoisotopic (exact) mass is 209 g/mol. The van der Waals surface area contributed by atoms with Crippen molar-refractivity contribution in [3.63, 3.8) is 0 Å². The molecule has 0 amide bonds. The van der Waals surface area contributed by atoms with Gasteiger partial charge >= 0.3 is 5.97 Å². The van der Waals surface area contributed by atoms with E-state index in [0.717, 1.165) is 0 Å². The van der Waals surface area contributed by atoms with Gasteiger partial charge in [-0.3, -0.25) is 4.79 Å². The van der Waals surface area contributed by atoms with E-state index in [2.05, 4.69) is 5.32 Å². The summed E-state index contributed by atoms with van der Waals surface area (Å²) in [5.74, 6) is -0.963. The maximum Gasteiger partial charge on any atom is 0.305 e. The largest absolute Gasteiger partial charge is 0.481 e. The molecule has 0 heterocycles. The van der Waals surface area contributed by atoms with Crippen molar-refractivity contribution in [1.29, 1.82) is 0 Å². The zero-order valence-corrected chi connectivity index (χ0v) is 8.31. The van der Waals surface area contributed by atoms with Crippen molar-refractivity contribution in [3.05, 3.63) is 0 Å². The summed E-state index contributed by atoms with van der Waals surface area (Å²) >= 11 is 0. The molecular weight excluding hydrogens is 190 g/mol. The molecule has 0 fully saturated rings. The van der Waals surface area contributed by atoms with Crippen molar-refractivity contribution in [3.8, 4) is 0 Å². The minimum atomic E-state index is -0.963. The molecule has 0 aromatic rings. The first-order valence-corrected chi connectivity index (χ1v) is 4.36. The molecule has 6 heteroatoms. The zero-order chi connectivity index (χ0) is 11.4. The van der Waals surface area contributed by atoms with Gasteiger partial charge in [-0.05, 0) is 6.92 Å². The Morgan fingerprint density at radius 1 is 1.29 bits per heavy atom. The van der Waals surface area contributed by atoms with Crippen molar-refractivity contribution in [2.45, 2.75) is 19.4 Å². The second kappa shape index (κ2) is 12.3. The lowest BCUT2D eigenvalue weighted by Gasteiger charge is -1.94. The Hall–Kier alpha value is -0.690. The Morgan fingerprint density at radius 3 is 1.86 bits per heavy atom. The summed E-state index contributed by atoms with van der Waals surface area (Å²) in [5.41, 5.74) is 0. The molecule has 0 aliphatic heterocycles. The number of hydrogen-bond donors (Lipinski definition) is 5. The lowest BCUT2D eigenvalue weighted by molar-refractivity contribution is -0.138. The average molecular weight is 209 g/mol. The van der Waals surface area contributed by atoms with E-state index in [1.807, 2.05) is 0 Å². The van der Waals surface area contributed by atoms with Gasteiger partial charge in [0.05, 0.1) is 25.7 Å². The quantitative estimate of drug-likeness (QED) is 0.337. The van der Waals surface area contributed by atoms with Gasteiger partial charge in [0.25, 0.3) is 0 Å². The van der Waals surface area contributed by atoms with Crippen molar-refractivity contribution in [1.82, 2.24) is 5.32 Å². The first-order chi connectivity index (χ1) is 6.54. The third kappa shape index (κ3) is 22.5. The second-order valence-electron chi connectivity index (χ2n) is 2.64. The topological polar surface area (TPSA) is 110 Å². The second-order valence-corrected chi connectivity index (χ2v) is 2.64. The Labute approximate surface area is 83.2 Å². The fourth-order valence-corrected chi connectivity index (χ4v) is 0.536. The van der Waals surface area contributed by atoms with Gasteiger partial charge in [-0.25, -0.2) is 0 Å². The summed E-state index contributed by atoms with van der Waals surface area (Å²) < 4.78 is 0. The maximum atomic E-state index is 9.65. The van der Waals surface area contributed by atoms with E-state index >= 15 is 0 Å². The van der Waals surface area contributed by atoms with Crippen molar-refractivity contribution >= 4 is 5.97 Å². The van der Waals surface area contributed by atoms with Crippen molar-refractivity contribution < 1.29 is 25.2 Å². The van der Waals surface area contributed by atoms with Gasteiger partial charge in [-0.1, -0.05) is 0 Å². The predicted octanol–water partition coefficient (Wildman–Crippen LogP) is -1.60. The molecule has 0 saturated carbocycles. The molecular formula is C8H19NO5. The molecule has 6 nitrogen and oxygen atoms in total. The molecule has 5 N–H and O–H groups in total. The van der Waals surface area contributed by atoms with Crippen LogP contribution in [0.15, 0.2) is 0 Å². The summed E-state index contributed by atoms with van der Waals surface area (Å²) in [6.07, 6.45) is -0.891. The SMILES string of the molecule is CC(O)CC(=O)O.OCCNCCO. The number of nitrogens with one attached hydrogen (secondary N) is 1. The molecule has 0 aromatic carbocycles. The van der Waals surface area contributed by atoms with Crippen LogP contribution in [0.3, 0.4) is 0 Å². The van der Waals surface area contributed by atoms with E-state index in [4.69, 9.17) is 20.4 Å². The van der Waals surface area contributed by atoms with E-state index in [-0.39, 0.29) is 19.6 Å². The van der Waals surface area contributed by atoms with Crippen LogP contribution < -0.4 is 5.32 Å². The van der Waals surface area contributed by atoms with Crippen LogP contribution in [0.4, 0.5) is 0 Å². The molecule has 0 aromatic heterocycles. The maximum absolute atomic E-state index is 9.65. The van der Waals surface area contributed by atoms with E-state index in [1.165, 1.54) is 6.92 Å².